The fraction of sp³-hybridized carbons (Fsp3) is 0.316. The molecule has 0 bridgehead atoms. The van der Waals surface area contributed by atoms with Crippen molar-refractivity contribution in [1.82, 2.24) is 4.90 Å². The zero-order valence-corrected chi connectivity index (χ0v) is 15.4. The lowest BCUT2D eigenvalue weighted by Gasteiger charge is -2.26. The Morgan fingerprint density at radius 1 is 1.16 bits per heavy atom. The molecule has 2 aromatic rings. The van der Waals surface area contributed by atoms with E-state index in [9.17, 15) is 4.79 Å². The monoisotopic (exact) mass is 358 g/mol. The molecule has 0 spiro atoms. The van der Waals surface area contributed by atoms with Crippen LogP contribution in [0.2, 0.25) is 0 Å². The van der Waals surface area contributed by atoms with Crippen molar-refractivity contribution in [3.05, 3.63) is 53.6 Å². The molecule has 1 aliphatic rings. The summed E-state index contributed by atoms with van der Waals surface area (Å²) < 4.78 is 10.9. The minimum Gasteiger partial charge on any atom is -0.493 e. The van der Waals surface area contributed by atoms with Crippen LogP contribution in [0.4, 0.5) is 10.5 Å². The van der Waals surface area contributed by atoms with Crippen LogP contribution in [0.25, 0.3) is 0 Å². The zero-order chi connectivity index (χ0) is 17.8. The van der Waals surface area contributed by atoms with Crippen LogP contribution >= 0.6 is 11.8 Å². The SMILES string of the molecule is COc1cccc([C@@H]2SCCN2C(=O)Nc2ccc(C)cc2)c1OC. The first-order valence-corrected chi connectivity index (χ1v) is 9.15. The summed E-state index contributed by atoms with van der Waals surface area (Å²) in [5, 5.41) is 2.88. The highest BCUT2D eigenvalue weighted by molar-refractivity contribution is 7.99. The second-order valence-corrected chi connectivity index (χ2v) is 6.98. The number of urea groups is 1. The zero-order valence-electron chi connectivity index (χ0n) is 14.6. The molecular formula is C19H22N2O3S. The first-order chi connectivity index (χ1) is 12.1. The number of benzene rings is 2. The molecule has 6 heteroatoms. The van der Waals surface area contributed by atoms with Gasteiger partial charge in [0, 0.05) is 23.5 Å². The van der Waals surface area contributed by atoms with Gasteiger partial charge in [-0.15, -0.1) is 11.8 Å². The molecule has 3 rings (SSSR count). The number of hydrogen-bond acceptors (Lipinski definition) is 4. The number of hydrogen-bond donors (Lipinski definition) is 1. The van der Waals surface area contributed by atoms with Gasteiger partial charge in [-0.3, -0.25) is 0 Å². The number of aryl methyl sites for hydroxylation is 1. The molecule has 1 atom stereocenters. The third kappa shape index (κ3) is 3.69. The topological polar surface area (TPSA) is 50.8 Å². The predicted octanol–water partition coefficient (Wildman–Crippen LogP) is 4.29. The third-order valence-corrected chi connectivity index (χ3v) is 5.40. The predicted molar refractivity (Wildman–Crippen MR) is 102 cm³/mol. The van der Waals surface area contributed by atoms with Crippen molar-refractivity contribution in [2.45, 2.75) is 12.3 Å². The van der Waals surface area contributed by atoms with Crippen molar-refractivity contribution in [1.29, 1.82) is 0 Å². The first-order valence-electron chi connectivity index (χ1n) is 8.11. The largest absolute Gasteiger partial charge is 0.493 e. The Morgan fingerprint density at radius 2 is 1.92 bits per heavy atom. The lowest BCUT2D eigenvalue weighted by Crippen LogP contribution is -2.34. The molecule has 2 aromatic carbocycles. The van der Waals surface area contributed by atoms with Gasteiger partial charge in [-0.1, -0.05) is 29.8 Å². The number of nitrogens with zero attached hydrogens (tertiary/aromatic N) is 1. The van der Waals surface area contributed by atoms with E-state index in [1.807, 2.05) is 54.3 Å². The molecule has 0 aromatic heterocycles. The van der Waals surface area contributed by atoms with Crippen LogP contribution in [0.5, 0.6) is 11.5 Å². The number of ether oxygens (including phenoxy) is 2. The van der Waals surface area contributed by atoms with E-state index in [-0.39, 0.29) is 11.4 Å². The molecule has 1 aliphatic heterocycles. The highest BCUT2D eigenvalue weighted by atomic mass is 32.2. The van der Waals surface area contributed by atoms with Crippen LogP contribution < -0.4 is 14.8 Å². The number of rotatable bonds is 4. The summed E-state index contributed by atoms with van der Waals surface area (Å²) in [6, 6.07) is 13.5. The van der Waals surface area contributed by atoms with Crippen LogP contribution in [0.1, 0.15) is 16.5 Å². The van der Waals surface area contributed by atoms with Gasteiger partial charge in [0.2, 0.25) is 0 Å². The van der Waals surface area contributed by atoms with Gasteiger partial charge in [0.25, 0.3) is 0 Å². The molecule has 0 radical (unpaired) electrons. The Balaban J connectivity index is 1.83. The molecule has 5 nitrogen and oxygen atoms in total. The van der Waals surface area contributed by atoms with Gasteiger partial charge in [0.15, 0.2) is 11.5 Å². The van der Waals surface area contributed by atoms with Gasteiger partial charge >= 0.3 is 6.03 Å². The van der Waals surface area contributed by atoms with Crippen LogP contribution in [-0.4, -0.2) is 37.4 Å². The Hall–Kier alpha value is -2.34. The van der Waals surface area contributed by atoms with Crippen LogP contribution in [0.15, 0.2) is 42.5 Å². The highest BCUT2D eigenvalue weighted by Gasteiger charge is 2.33. The van der Waals surface area contributed by atoms with Crippen LogP contribution in [0.3, 0.4) is 0 Å². The van der Waals surface area contributed by atoms with E-state index in [0.717, 1.165) is 22.6 Å². The van der Waals surface area contributed by atoms with Gasteiger partial charge in [-0.05, 0) is 25.1 Å². The molecule has 1 saturated heterocycles. The molecule has 1 fully saturated rings. The van der Waals surface area contributed by atoms with Crippen molar-refractivity contribution in [2.75, 3.05) is 31.8 Å². The maximum absolute atomic E-state index is 12.8. The number of thioether (sulfide) groups is 1. The average Bonchev–Trinajstić information content (AvgIpc) is 3.12. The number of anilines is 1. The van der Waals surface area contributed by atoms with Crippen LogP contribution in [0, 0.1) is 6.92 Å². The van der Waals surface area contributed by atoms with Crippen LogP contribution in [-0.2, 0) is 0 Å². The Labute approximate surface area is 152 Å². The fourth-order valence-corrected chi connectivity index (χ4v) is 4.15. The number of nitrogens with one attached hydrogen (secondary N) is 1. The number of amides is 2. The smallest absolute Gasteiger partial charge is 0.323 e. The third-order valence-electron chi connectivity index (χ3n) is 4.15. The van der Waals surface area contributed by atoms with E-state index >= 15 is 0 Å². The summed E-state index contributed by atoms with van der Waals surface area (Å²) in [5.41, 5.74) is 2.90. The lowest BCUT2D eigenvalue weighted by atomic mass is 10.1. The first kappa shape index (κ1) is 17.5. The van der Waals surface area contributed by atoms with Gasteiger partial charge in [0.05, 0.1) is 14.2 Å². The molecule has 25 heavy (non-hydrogen) atoms. The second kappa shape index (κ2) is 7.70. The van der Waals surface area contributed by atoms with E-state index in [2.05, 4.69) is 5.32 Å². The quantitative estimate of drug-likeness (QED) is 0.886. The molecule has 132 valence electrons. The van der Waals surface area contributed by atoms with Crippen molar-refractivity contribution in [2.24, 2.45) is 0 Å². The maximum Gasteiger partial charge on any atom is 0.323 e. The minimum absolute atomic E-state index is 0.101. The van der Waals surface area contributed by atoms with Crippen molar-refractivity contribution < 1.29 is 14.3 Å². The van der Waals surface area contributed by atoms with Crippen molar-refractivity contribution >= 4 is 23.5 Å². The standard InChI is InChI=1S/C19H22N2O3S/c1-13-7-9-14(10-8-13)20-19(22)21-11-12-25-18(21)15-5-4-6-16(23-2)17(15)24-3/h4-10,18H,11-12H2,1-3H3,(H,20,22)/t18-/m0/s1. The Bertz CT molecular complexity index is 749. The van der Waals surface area contributed by atoms with Gasteiger partial charge < -0.3 is 19.7 Å². The number of para-hydroxylation sites is 1. The van der Waals surface area contributed by atoms with Crippen molar-refractivity contribution in [3.63, 3.8) is 0 Å². The fourth-order valence-electron chi connectivity index (χ4n) is 2.87. The van der Waals surface area contributed by atoms with Gasteiger partial charge in [0.1, 0.15) is 5.37 Å². The van der Waals surface area contributed by atoms with Gasteiger partial charge in [-0.25, -0.2) is 4.79 Å². The number of carbonyl (C=O) groups excluding carboxylic acids is 1. The molecule has 2 amide bonds. The number of methoxy groups -OCH3 is 2. The molecule has 1 N–H and O–H groups in total. The number of carbonyl (C=O) groups is 1. The minimum atomic E-state index is -0.108. The Morgan fingerprint density at radius 3 is 2.60 bits per heavy atom. The Kier molecular flexibility index (Phi) is 5.38. The molecule has 0 saturated carbocycles. The molecular weight excluding hydrogens is 336 g/mol. The van der Waals surface area contributed by atoms with E-state index in [1.54, 1.807) is 26.0 Å². The summed E-state index contributed by atoms with van der Waals surface area (Å²) in [5.74, 6) is 2.23. The average molecular weight is 358 g/mol. The summed E-state index contributed by atoms with van der Waals surface area (Å²) in [6.45, 7) is 2.71. The summed E-state index contributed by atoms with van der Waals surface area (Å²) >= 11 is 1.72. The maximum atomic E-state index is 12.8. The highest BCUT2D eigenvalue weighted by Crippen LogP contribution is 2.45. The normalized spacial score (nSPS) is 16.6. The molecule has 0 unspecified atom stereocenters. The second-order valence-electron chi connectivity index (χ2n) is 5.80. The van der Waals surface area contributed by atoms with Crippen molar-refractivity contribution in [3.8, 4) is 11.5 Å². The summed E-state index contributed by atoms with van der Waals surface area (Å²) in [7, 11) is 3.24. The summed E-state index contributed by atoms with van der Waals surface area (Å²) in [4.78, 5) is 14.6. The van der Waals surface area contributed by atoms with E-state index in [1.165, 1.54) is 0 Å². The lowest BCUT2D eigenvalue weighted by molar-refractivity contribution is 0.213. The van der Waals surface area contributed by atoms with E-state index < -0.39 is 0 Å². The summed E-state index contributed by atoms with van der Waals surface area (Å²) in [6.07, 6.45) is 0. The van der Waals surface area contributed by atoms with Gasteiger partial charge in [-0.2, -0.15) is 0 Å². The molecule has 0 aliphatic carbocycles. The van der Waals surface area contributed by atoms with E-state index in [4.69, 9.17) is 9.47 Å². The molecule has 1 heterocycles. The van der Waals surface area contributed by atoms with E-state index in [0.29, 0.717) is 18.0 Å².